The Morgan fingerprint density at radius 1 is 1.03 bits per heavy atom. The third-order valence-corrected chi connectivity index (χ3v) is 7.48. The van der Waals surface area contributed by atoms with Crippen molar-refractivity contribution >= 4 is 40.5 Å². The first kappa shape index (κ1) is 23.6. The summed E-state index contributed by atoms with van der Waals surface area (Å²) >= 11 is 18.5. The highest BCUT2D eigenvalue weighted by Crippen LogP contribution is 2.42. The molecule has 2 saturated heterocycles. The number of ether oxygens (including phenoxy) is 1. The van der Waals surface area contributed by atoms with Crippen molar-refractivity contribution in [2.75, 3.05) is 39.4 Å². The molecular formula is C25H26Cl2N4O2S. The number of hydrogen-bond acceptors (Lipinski definition) is 5. The summed E-state index contributed by atoms with van der Waals surface area (Å²) in [5.74, 6) is 1.48. The van der Waals surface area contributed by atoms with Gasteiger partial charge in [0.1, 0.15) is 17.6 Å². The topological polar surface area (TPSA) is 53.8 Å². The molecule has 0 unspecified atom stereocenters. The van der Waals surface area contributed by atoms with Crippen molar-refractivity contribution in [1.82, 2.24) is 20.1 Å². The van der Waals surface area contributed by atoms with Crippen LogP contribution in [0.1, 0.15) is 30.0 Å². The lowest BCUT2D eigenvalue weighted by molar-refractivity contribution is 0.0365. The van der Waals surface area contributed by atoms with Gasteiger partial charge < -0.3 is 19.4 Å². The van der Waals surface area contributed by atoms with Crippen LogP contribution < -0.4 is 5.32 Å². The normalized spacial score (nSPS) is 21.1. The molecule has 2 aliphatic heterocycles. The minimum atomic E-state index is -0.126. The van der Waals surface area contributed by atoms with E-state index in [1.807, 2.05) is 42.5 Å². The Morgan fingerprint density at radius 2 is 1.88 bits per heavy atom. The molecule has 2 aromatic heterocycles. The van der Waals surface area contributed by atoms with Crippen LogP contribution in [-0.2, 0) is 4.74 Å². The van der Waals surface area contributed by atoms with E-state index in [2.05, 4.69) is 20.1 Å². The smallest absolute Gasteiger partial charge is 0.170 e. The molecule has 0 aliphatic carbocycles. The number of aromatic nitrogens is 1. The van der Waals surface area contributed by atoms with E-state index in [-0.39, 0.29) is 12.1 Å². The van der Waals surface area contributed by atoms with Crippen molar-refractivity contribution in [3.8, 4) is 11.3 Å². The average Bonchev–Trinajstić information content (AvgIpc) is 3.47. The minimum Gasteiger partial charge on any atom is -0.459 e. The first-order chi connectivity index (χ1) is 16.6. The first-order valence-electron chi connectivity index (χ1n) is 11.4. The van der Waals surface area contributed by atoms with Crippen LogP contribution in [0, 0.1) is 0 Å². The van der Waals surface area contributed by atoms with Gasteiger partial charge in [-0.2, -0.15) is 0 Å². The van der Waals surface area contributed by atoms with Gasteiger partial charge >= 0.3 is 0 Å². The van der Waals surface area contributed by atoms with E-state index in [0.717, 1.165) is 62.8 Å². The third-order valence-electron chi connectivity index (χ3n) is 6.31. The fourth-order valence-electron chi connectivity index (χ4n) is 4.60. The van der Waals surface area contributed by atoms with Gasteiger partial charge in [0.05, 0.1) is 35.0 Å². The summed E-state index contributed by atoms with van der Waals surface area (Å²) in [6, 6.07) is 15.2. The average molecular weight is 517 g/mol. The van der Waals surface area contributed by atoms with E-state index < -0.39 is 0 Å². The van der Waals surface area contributed by atoms with Crippen molar-refractivity contribution in [3.63, 3.8) is 0 Å². The number of halogens is 2. The van der Waals surface area contributed by atoms with Gasteiger partial charge in [-0.1, -0.05) is 35.3 Å². The van der Waals surface area contributed by atoms with Gasteiger partial charge in [-0.25, -0.2) is 0 Å². The van der Waals surface area contributed by atoms with Crippen molar-refractivity contribution in [1.29, 1.82) is 0 Å². The maximum Gasteiger partial charge on any atom is 0.170 e. The zero-order valence-electron chi connectivity index (χ0n) is 18.6. The molecule has 2 fully saturated rings. The molecule has 5 rings (SSSR count). The number of morpholine rings is 1. The van der Waals surface area contributed by atoms with E-state index in [1.54, 1.807) is 12.3 Å². The molecule has 0 saturated carbocycles. The van der Waals surface area contributed by atoms with Crippen molar-refractivity contribution in [2.45, 2.75) is 18.5 Å². The van der Waals surface area contributed by atoms with Crippen LogP contribution in [0.15, 0.2) is 59.1 Å². The summed E-state index contributed by atoms with van der Waals surface area (Å²) in [5.41, 5.74) is 1.69. The highest BCUT2D eigenvalue weighted by molar-refractivity contribution is 7.80. The lowest BCUT2D eigenvalue weighted by Gasteiger charge is -2.29. The molecule has 2 aliphatic rings. The fraction of sp³-hybridized carbons (Fsp3) is 0.360. The number of benzene rings is 1. The molecule has 0 spiro atoms. The van der Waals surface area contributed by atoms with Gasteiger partial charge in [-0.05, 0) is 55.0 Å². The molecule has 0 radical (unpaired) electrons. The quantitative estimate of drug-likeness (QED) is 0.425. The van der Waals surface area contributed by atoms with Gasteiger partial charge in [0.2, 0.25) is 0 Å². The summed E-state index contributed by atoms with van der Waals surface area (Å²) in [5, 5.41) is 5.17. The van der Waals surface area contributed by atoms with E-state index in [1.165, 1.54) is 0 Å². The van der Waals surface area contributed by atoms with Crippen LogP contribution in [0.4, 0.5) is 0 Å². The van der Waals surface area contributed by atoms with E-state index in [0.29, 0.717) is 20.9 Å². The molecular weight excluding hydrogens is 491 g/mol. The molecule has 0 bridgehead atoms. The van der Waals surface area contributed by atoms with Crippen LogP contribution in [0.25, 0.3) is 11.3 Å². The van der Waals surface area contributed by atoms with Crippen LogP contribution in [-0.4, -0.2) is 59.3 Å². The Hall–Kier alpha value is -2.16. The highest BCUT2D eigenvalue weighted by atomic mass is 35.5. The number of nitrogens with one attached hydrogen (secondary N) is 1. The summed E-state index contributed by atoms with van der Waals surface area (Å²) in [7, 11) is 0. The van der Waals surface area contributed by atoms with Crippen molar-refractivity contribution in [2.24, 2.45) is 0 Å². The first-order valence-corrected chi connectivity index (χ1v) is 12.6. The van der Waals surface area contributed by atoms with E-state index in [4.69, 9.17) is 44.6 Å². The second-order valence-electron chi connectivity index (χ2n) is 8.43. The summed E-state index contributed by atoms with van der Waals surface area (Å²) in [6.45, 7) is 5.37. The predicted molar refractivity (Wildman–Crippen MR) is 138 cm³/mol. The number of furan rings is 1. The molecule has 1 aromatic carbocycles. The zero-order valence-corrected chi connectivity index (χ0v) is 21.0. The second-order valence-corrected chi connectivity index (χ2v) is 9.60. The predicted octanol–water partition coefficient (Wildman–Crippen LogP) is 5.34. The summed E-state index contributed by atoms with van der Waals surface area (Å²) < 4.78 is 11.8. The molecule has 178 valence electrons. The standard InChI is InChI=1S/C25H26Cl2N4O2S/c26-18-6-3-5-17(22(18)27)20-8-9-21(33-20)24-23(19-7-1-2-10-28-19)29-25(34)31(24)12-4-11-30-13-15-32-16-14-30/h1-3,5-10,23-24H,4,11-16H2,(H,29,34)/t23-,24-/m1/s1. The number of hydrogen-bond donors (Lipinski definition) is 1. The maximum absolute atomic E-state index is 6.46. The monoisotopic (exact) mass is 516 g/mol. The highest BCUT2D eigenvalue weighted by Gasteiger charge is 2.41. The summed E-state index contributed by atoms with van der Waals surface area (Å²) in [6.07, 6.45) is 2.79. The number of rotatable bonds is 7. The molecule has 0 amide bonds. The van der Waals surface area contributed by atoms with Gasteiger partial charge in [-0.3, -0.25) is 9.88 Å². The lowest BCUT2D eigenvalue weighted by atomic mass is 10.0. The van der Waals surface area contributed by atoms with E-state index >= 15 is 0 Å². The SMILES string of the molecule is S=C1N[C@H](c2ccccn2)[C@@H](c2ccc(-c3cccc(Cl)c3Cl)o2)N1CCCN1CCOCC1. The number of nitrogens with zero attached hydrogens (tertiary/aromatic N) is 3. The molecule has 2 atom stereocenters. The van der Waals surface area contributed by atoms with Crippen LogP contribution in [0.5, 0.6) is 0 Å². The third kappa shape index (κ3) is 4.95. The number of thiocarbonyl (C=S) groups is 1. The van der Waals surface area contributed by atoms with Gasteiger partial charge in [0, 0.05) is 37.9 Å². The van der Waals surface area contributed by atoms with Crippen molar-refractivity contribution in [3.05, 3.63) is 76.2 Å². The Bertz CT molecular complexity index is 1140. The molecule has 4 heterocycles. The fourth-order valence-corrected chi connectivity index (χ4v) is 5.32. The van der Waals surface area contributed by atoms with Gasteiger partial charge in [0.25, 0.3) is 0 Å². The summed E-state index contributed by atoms with van der Waals surface area (Å²) in [4.78, 5) is 9.26. The lowest BCUT2D eigenvalue weighted by Crippen LogP contribution is -2.38. The Balaban J connectivity index is 1.41. The molecule has 3 aromatic rings. The molecule has 9 heteroatoms. The van der Waals surface area contributed by atoms with Crippen LogP contribution >= 0.6 is 35.4 Å². The Kier molecular flexibility index (Phi) is 7.37. The molecule has 6 nitrogen and oxygen atoms in total. The van der Waals surface area contributed by atoms with E-state index in [9.17, 15) is 0 Å². The second kappa shape index (κ2) is 10.6. The Labute approximate surface area is 214 Å². The van der Waals surface area contributed by atoms with Gasteiger partial charge in [0.15, 0.2) is 5.11 Å². The zero-order chi connectivity index (χ0) is 23.5. The van der Waals surface area contributed by atoms with Crippen molar-refractivity contribution < 1.29 is 9.15 Å². The molecule has 34 heavy (non-hydrogen) atoms. The van der Waals surface area contributed by atoms with Crippen LogP contribution in [0.3, 0.4) is 0 Å². The van der Waals surface area contributed by atoms with Crippen LogP contribution in [0.2, 0.25) is 10.0 Å². The Morgan fingerprint density at radius 3 is 2.68 bits per heavy atom. The maximum atomic E-state index is 6.46. The molecule has 1 N–H and O–H groups in total. The number of pyridine rings is 1. The largest absolute Gasteiger partial charge is 0.459 e. The minimum absolute atomic E-state index is 0.120. The van der Waals surface area contributed by atoms with Gasteiger partial charge in [-0.15, -0.1) is 0 Å².